The first kappa shape index (κ1) is 7.73. The van der Waals surface area contributed by atoms with Crippen molar-refractivity contribution in [1.29, 1.82) is 0 Å². The maximum absolute atomic E-state index is 10.7. The number of carbonyl (C=O) groups is 1. The molecule has 1 saturated carbocycles. The van der Waals surface area contributed by atoms with Gasteiger partial charge in [0.15, 0.2) is 5.78 Å². The van der Waals surface area contributed by atoms with Crippen LogP contribution < -0.4 is 0 Å². The molecule has 1 rings (SSSR count). The molecule has 0 radical (unpaired) electrons. The minimum Gasteiger partial charge on any atom is -0.385 e. The molecule has 0 aliphatic heterocycles. The summed E-state index contributed by atoms with van der Waals surface area (Å²) in [5.74, 6) is 0.185. The molecule has 0 unspecified atom stereocenters. The van der Waals surface area contributed by atoms with Crippen LogP contribution in [0.4, 0.5) is 0 Å². The van der Waals surface area contributed by atoms with Gasteiger partial charge in [0.05, 0.1) is 0 Å². The first-order valence-electron chi connectivity index (χ1n) is 3.90. The summed E-state index contributed by atoms with van der Waals surface area (Å²) < 4.78 is 0. The molecule has 0 bridgehead atoms. The van der Waals surface area contributed by atoms with Gasteiger partial charge in [0.1, 0.15) is 6.10 Å². The van der Waals surface area contributed by atoms with Gasteiger partial charge in [0.2, 0.25) is 0 Å². The molecule has 0 aromatic rings. The Balaban J connectivity index is 2.39. The molecule has 10 heavy (non-hydrogen) atoms. The molecule has 2 heteroatoms. The van der Waals surface area contributed by atoms with E-state index in [4.69, 9.17) is 0 Å². The summed E-state index contributed by atoms with van der Waals surface area (Å²) in [7, 11) is 0. The Bertz CT molecular complexity index is 125. The Morgan fingerprint density at radius 1 is 1.50 bits per heavy atom. The predicted molar refractivity (Wildman–Crippen MR) is 38.6 cm³/mol. The first-order valence-corrected chi connectivity index (χ1v) is 3.90. The lowest BCUT2D eigenvalue weighted by Gasteiger charge is -2.13. The van der Waals surface area contributed by atoms with Gasteiger partial charge in [-0.1, -0.05) is 12.8 Å². The molecule has 0 heterocycles. The van der Waals surface area contributed by atoms with Crippen molar-refractivity contribution in [3.63, 3.8) is 0 Å². The van der Waals surface area contributed by atoms with E-state index in [9.17, 15) is 9.90 Å². The third-order valence-corrected chi connectivity index (χ3v) is 2.26. The monoisotopic (exact) mass is 142 g/mol. The lowest BCUT2D eigenvalue weighted by Crippen LogP contribution is -2.25. The molecule has 1 fully saturated rings. The molecule has 1 N–H and O–H groups in total. The number of hydrogen-bond acceptors (Lipinski definition) is 2. The third kappa shape index (κ3) is 1.57. The Labute approximate surface area is 61.2 Å². The Morgan fingerprint density at radius 3 is 2.40 bits per heavy atom. The van der Waals surface area contributed by atoms with Gasteiger partial charge in [0, 0.05) is 0 Å². The topological polar surface area (TPSA) is 37.3 Å². The van der Waals surface area contributed by atoms with Crippen molar-refractivity contribution in [2.75, 3.05) is 0 Å². The average Bonchev–Trinajstić information content (AvgIpc) is 2.36. The van der Waals surface area contributed by atoms with Gasteiger partial charge >= 0.3 is 0 Å². The van der Waals surface area contributed by atoms with E-state index in [2.05, 4.69) is 0 Å². The highest BCUT2D eigenvalue weighted by Crippen LogP contribution is 2.27. The fourth-order valence-corrected chi connectivity index (χ4v) is 1.61. The molecule has 1 aliphatic carbocycles. The van der Waals surface area contributed by atoms with Crippen LogP contribution in [0.2, 0.25) is 0 Å². The highest BCUT2D eigenvalue weighted by molar-refractivity contribution is 5.80. The largest absolute Gasteiger partial charge is 0.385 e. The van der Waals surface area contributed by atoms with Crippen molar-refractivity contribution in [3.05, 3.63) is 0 Å². The zero-order chi connectivity index (χ0) is 7.56. The molecule has 2 nitrogen and oxygen atoms in total. The Hall–Kier alpha value is -0.370. The van der Waals surface area contributed by atoms with E-state index in [1.165, 1.54) is 19.8 Å². The van der Waals surface area contributed by atoms with Crippen LogP contribution in [0.25, 0.3) is 0 Å². The molecule has 1 aliphatic rings. The summed E-state index contributed by atoms with van der Waals surface area (Å²) >= 11 is 0. The highest BCUT2D eigenvalue weighted by Gasteiger charge is 2.25. The fourth-order valence-electron chi connectivity index (χ4n) is 1.61. The average molecular weight is 142 g/mol. The van der Waals surface area contributed by atoms with Gasteiger partial charge in [-0.25, -0.2) is 0 Å². The zero-order valence-electron chi connectivity index (χ0n) is 6.34. The SMILES string of the molecule is CC(=O)[C@H](O)C1CCCC1. The van der Waals surface area contributed by atoms with Crippen LogP contribution >= 0.6 is 0 Å². The van der Waals surface area contributed by atoms with Crippen molar-refractivity contribution in [2.24, 2.45) is 5.92 Å². The van der Waals surface area contributed by atoms with Crippen LogP contribution in [0.3, 0.4) is 0 Å². The molecular formula is C8H14O2. The number of ketones is 1. The normalized spacial score (nSPS) is 23.0. The molecule has 0 spiro atoms. The van der Waals surface area contributed by atoms with Crippen molar-refractivity contribution < 1.29 is 9.90 Å². The van der Waals surface area contributed by atoms with E-state index < -0.39 is 6.10 Å². The molecule has 0 amide bonds. The quantitative estimate of drug-likeness (QED) is 0.627. The molecule has 58 valence electrons. The smallest absolute Gasteiger partial charge is 0.158 e. The van der Waals surface area contributed by atoms with Crippen LogP contribution in [0.5, 0.6) is 0 Å². The van der Waals surface area contributed by atoms with E-state index in [0.29, 0.717) is 0 Å². The second-order valence-corrected chi connectivity index (χ2v) is 3.10. The lowest BCUT2D eigenvalue weighted by molar-refractivity contribution is -0.127. The van der Waals surface area contributed by atoms with Crippen LogP contribution in [0.1, 0.15) is 32.6 Å². The standard InChI is InChI=1S/C8H14O2/c1-6(9)8(10)7-4-2-3-5-7/h7-8,10H,2-5H2,1H3/t8-/m0/s1. The van der Waals surface area contributed by atoms with Crippen LogP contribution in [-0.2, 0) is 4.79 Å². The summed E-state index contributed by atoms with van der Waals surface area (Å²) in [5, 5.41) is 9.28. The molecule has 0 aromatic carbocycles. The Morgan fingerprint density at radius 2 is 2.00 bits per heavy atom. The predicted octanol–water partition coefficient (Wildman–Crippen LogP) is 1.13. The van der Waals surface area contributed by atoms with Gasteiger partial charge in [-0.2, -0.15) is 0 Å². The molecule has 0 saturated heterocycles. The van der Waals surface area contributed by atoms with Gasteiger partial charge in [-0.05, 0) is 25.7 Å². The first-order chi connectivity index (χ1) is 4.72. The molecule has 1 atom stereocenters. The number of aliphatic hydroxyl groups excluding tert-OH is 1. The number of rotatable bonds is 2. The van der Waals surface area contributed by atoms with Gasteiger partial charge in [0.25, 0.3) is 0 Å². The van der Waals surface area contributed by atoms with Crippen molar-refractivity contribution in [3.8, 4) is 0 Å². The van der Waals surface area contributed by atoms with Gasteiger partial charge < -0.3 is 5.11 Å². The maximum Gasteiger partial charge on any atom is 0.158 e. The lowest BCUT2D eigenvalue weighted by atomic mass is 9.98. The minimum absolute atomic E-state index is 0.0769. The van der Waals surface area contributed by atoms with E-state index >= 15 is 0 Å². The summed E-state index contributed by atoms with van der Waals surface area (Å²) in [4.78, 5) is 10.7. The summed E-state index contributed by atoms with van der Waals surface area (Å²) in [5.41, 5.74) is 0. The number of carbonyl (C=O) groups excluding carboxylic acids is 1. The second kappa shape index (κ2) is 3.15. The van der Waals surface area contributed by atoms with Crippen LogP contribution in [0.15, 0.2) is 0 Å². The van der Waals surface area contributed by atoms with E-state index in [1.54, 1.807) is 0 Å². The van der Waals surface area contributed by atoms with Crippen molar-refractivity contribution in [1.82, 2.24) is 0 Å². The fraction of sp³-hybridized carbons (Fsp3) is 0.875. The van der Waals surface area contributed by atoms with Gasteiger partial charge in [-0.3, -0.25) is 4.79 Å². The molecule has 0 aromatic heterocycles. The minimum atomic E-state index is -0.678. The Kier molecular flexibility index (Phi) is 2.44. The number of hydrogen-bond donors (Lipinski definition) is 1. The third-order valence-electron chi connectivity index (χ3n) is 2.26. The highest BCUT2D eigenvalue weighted by atomic mass is 16.3. The van der Waals surface area contributed by atoms with Gasteiger partial charge in [-0.15, -0.1) is 0 Å². The van der Waals surface area contributed by atoms with E-state index in [0.717, 1.165) is 12.8 Å². The van der Waals surface area contributed by atoms with Crippen molar-refractivity contribution >= 4 is 5.78 Å². The second-order valence-electron chi connectivity index (χ2n) is 3.10. The van der Waals surface area contributed by atoms with Crippen molar-refractivity contribution in [2.45, 2.75) is 38.7 Å². The maximum atomic E-state index is 10.7. The summed E-state index contributed by atoms with van der Waals surface area (Å²) in [6.45, 7) is 1.46. The van der Waals surface area contributed by atoms with Crippen LogP contribution in [0, 0.1) is 5.92 Å². The summed E-state index contributed by atoms with van der Waals surface area (Å²) in [6.07, 6.45) is 3.73. The van der Waals surface area contributed by atoms with E-state index in [-0.39, 0.29) is 11.7 Å². The van der Waals surface area contributed by atoms with E-state index in [1.807, 2.05) is 0 Å². The zero-order valence-corrected chi connectivity index (χ0v) is 6.34. The number of aliphatic hydroxyl groups is 1. The summed E-state index contributed by atoms with van der Waals surface area (Å²) in [6, 6.07) is 0. The molecular weight excluding hydrogens is 128 g/mol. The number of Topliss-reactive ketones (excluding diaryl/α,β-unsaturated/α-hetero) is 1. The van der Waals surface area contributed by atoms with Crippen LogP contribution in [-0.4, -0.2) is 17.0 Å².